The van der Waals surface area contributed by atoms with Crippen LogP contribution in [0.5, 0.6) is 5.75 Å². The summed E-state index contributed by atoms with van der Waals surface area (Å²) in [6.07, 6.45) is 0. The van der Waals surface area contributed by atoms with Crippen molar-refractivity contribution in [1.29, 1.82) is 0 Å². The molecule has 2 N–H and O–H groups in total. The van der Waals surface area contributed by atoms with Crippen molar-refractivity contribution in [2.45, 2.75) is 31.6 Å². The largest absolute Gasteiger partial charge is 0.497 e. The van der Waals surface area contributed by atoms with Crippen LogP contribution in [0.25, 0.3) is 0 Å². The molecule has 1 atom stereocenters. The van der Waals surface area contributed by atoms with Crippen LogP contribution in [0.4, 0.5) is 0 Å². The zero-order valence-electron chi connectivity index (χ0n) is 12.5. The van der Waals surface area contributed by atoms with Gasteiger partial charge in [0.25, 0.3) is 0 Å². The van der Waals surface area contributed by atoms with E-state index < -0.39 is 5.60 Å². The fraction of sp³-hybridized carbons (Fsp3) is 0.533. The Labute approximate surface area is 125 Å². The summed E-state index contributed by atoms with van der Waals surface area (Å²) in [5.41, 5.74) is 6.40. The topological polar surface area (TPSA) is 61.5 Å². The van der Waals surface area contributed by atoms with E-state index in [4.69, 9.17) is 15.2 Å². The van der Waals surface area contributed by atoms with Crippen molar-refractivity contribution in [3.05, 3.63) is 29.8 Å². The van der Waals surface area contributed by atoms with Crippen molar-refractivity contribution >= 4 is 17.7 Å². The SMILES string of the molecule is COc1cccc(C(CN)SCC(=O)OC(C)(C)C)c1. The molecule has 0 fully saturated rings. The summed E-state index contributed by atoms with van der Waals surface area (Å²) >= 11 is 1.49. The molecule has 0 bridgehead atoms. The average Bonchev–Trinajstić information content (AvgIpc) is 2.37. The maximum absolute atomic E-state index is 11.7. The molecule has 112 valence electrons. The van der Waals surface area contributed by atoms with Gasteiger partial charge in [0.2, 0.25) is 0 Å². The Bertz CT molecular complexity index is 443. The van der Waals surface area contributed by atoms with Crippen LogP contribution in [0.15, 0.2) is 24.3 Å². The van der Waals surface area contributed by atoms with Gasteiger partial charge in [0.05, 0.1) is 12.9 Å². The van der Waals surface area contributed by atoms with Crippen molar-refractivity contribution in [3.8, 4) is 5.75 Å². The van der Waals surface area contributed by atoms with Gasteiger partial charge in [-0.25, -0.2) is 0 Å². The lowest BCUT2D eigenvalue weighted by Gasteiger charge is -2.20. The van der Waals surface area contributed by atoms with E-state index in [1.807, 2.05) is 45.0 Å². The number of rotatable bonds is 6. The number of nitrogens with two attached hydrogens (primary N) is 1. The molecule has 4 nitrogen and oxygen atoms in total. The molecule has 1 rings (SSSR count). The minimum atomic E-state index is -0.453. The molecule has 0 aliphatic carbocycles. The second-order valence-electron chi connectivity index (χ2n) is 5.40. The third-order valence-electron chi connectivity index (χ3n) is 2.50. The number of hydrogen-bond donors (Lipinski definition) is 1. The molecule has 0 aromatic heterocycles. The molecule has 0 spiro atoms. The van der Waals surface area contributed by atoms with Gasteiger partial charge in [0.15, 0.2) is 0 Å². The summed E-state index contributed by atoms with van der Waals surface area (Å²) in [6.45, 7) is 6.04. The maximum Gasteiger partial charge on any atom is 0.316 e. The lowest BCUT2D eigenvalue weighted by molar-refractivity contribution is -0.151. The average molecular weight is 297 g/mol. The number of ether oxygens (including phenoxy) is 2. The van der Waals surface area contributed by atoms with Gasteiger partial charge in [-0.2, -0.15) is 0 Å². The van der Waals surface area contributed by atoms with E-state index in [1.54, 1.807) is 7.11 Å². The number of carbonyl (C=O) groups is 1. The highest BCUT2D eigenvalue weighted by molar-refractivity contribution is 8.00. The normalized spacial score (nSPS) is 12.8. The van der Waals surface area contributed by atoms with Crippen LogP contribution in [-0.2, 0) is 9.53 Å². The minimum absolute atomic E-state index is 0.0534. The number of hydrogen-bond acceptors (Lipinski definition) is 5. The van der Waals surface area contributed by atoms with Crippen molar-refractivity contribution in [2.24, 2.45) is 5.73 Å². The Morgan fingerprint density at radius 2 is 2.10 bits per heavy atom. The van der Waals surface area contributed by atoms with Crippen molar-refractivity contribution in [3.63, 3.8) is 0 Å². The third kappa shape index (κ3) is 5.84. The molecule has 0 radical (unpaired) electrons. The lowest BCUT2D eigenvalue weighted by atomic mass is 10.1. The van der Waals surface area contributed by atoms with Gasteiger partial charge in [-0.1, -0.05) is 12.1 Å². The predicted octanol–water partition coefficient (Wildman–Crippen LogP) is 2.77. The van der Waals surface area contributed by atoms with Crippen LogP contribution >= 0.6 is 11.8 Å². The Hall–Kier alpha value is -1.20. The molecule has 0 aliphatic heterocycles. The van der Waals surface area contributed by atoms with Crippen molar-refractivity contribution < 1.29 is 14.3 Å². The molecule has 0 saturated carbocycles. The second-order valence-corrected chi connectivity index (χ2v) is 6.59. The third-order valence-corrected chi connectivity index (χ3v) is 3.77. The molecule has 1 aromatic carbocycles. The maximum atomic E-state index is 11.7. The number of thioether (sulfide) groups is 1. The highest BCUT2D eigenvalue weighted by Crippen LogP contribution is 2.30. The van der Waals surface area contributed by atoms with Gasteiger partial charge in [0, 0.05) is 11.8 Å². The summed E-state index contributed by atoms with van der Waals surface area (Å²) in [6, 6.07) is 7.74. The van der Waals surface area contributed by atoms with Gasteiger partial charge in [0.1, 0.15) is 11.4 Å². The number of esters is 1. The molecule has 20 heavy (non-hydrogen) atoms. The molecule has 1 unspecified atom stereocenters. The number of benzene rings is 1. The van der Waals surface area contributed by atoms with Crippen LogP contribution in [0, 0.1) is 0 Å². The van der Waals surface area contributed by atoms with Gasteiger partial charge in [-0.15, -0.1) is 11.8 Å². The summed E-state index contributed by atoms with van der Waals surface area (Å²) in [5, 5.41) is 0.0534. The highest BCUT2D eigenvalue weighted by Gasteiger charge is 2.18. The fourth-order valence-electron chi connectivity index (χ4n) is 1.68. The van der Waals surface area contributed by atoms with E-state index in [9.17, 15) is 4.79 Å². The first-order valence-electron chi connectivity index (χ1n) is 6.53. The Morgan fingerprint density at radius 3 is 2.65 bits per heavy atom. The molecule has 0 heterocycles. The van der Waals surface area contributed by atoms with Crippen LogP contribution in [0.1, 0.15) is 31.6 Å². The van der Waals surface area contributed by atoms with Gasteiger partial charge in [-0.05, 0) is 38.5 Å². The van der Waals surface area contributed by atoms with Gasteiger partial charge in [-0.3, -0.25) is 4.79 Å². The fourth-order valence-corrected chi connectivity index (χ4v) is 2.55. The monoisotopic (exact) mass is 297 g/mol. The zero-order valence-corrected chi connectivity index (χ0v) is 13.3. The first-order chi connectivity index (χ1) is 9.35. The first-order valence-corrected chi connectivity index (χ1v) is 7.58. The lowest BCUT2D eigenvalue weighted by Crippen LogP contribution is -2.25. The smallest absolute Gasteiger partial charge is 0.316 e. The molecule has 5 heteroatoms. The highest BCUT2D eigenvalue weighted by atomic mass is 32.2. The molecule has 1 aromatic rings. The first kappa shape index (κ1) is 16.9. The number of methoxy groups -OCH3 is 1. The van der Waals surface area contributed by atoms with Crippen molar-refractivity contribution in [2.75, 3.05) is 19.4 Å². The van der Waals surface area contributed by atoms with Crippen LogP contribution < -0.4 is 10.5 Å². The van der Waals surface area contributed by atoms with E-state index >= 15 is 0 Å². The molecular formula is C15H23NO3S. The standard InChI is InChI=1S/C15H23NO3S/c1-15(2,3)19-14(17)10-20-13(9-16)11-6-5-7-12(8-11)18-4/h5-8,13H,9-10,16H2,1-4H3. The molecule has 0 saturated heterocycles. The molecular weight excluding hydrogens is 274 g/mol. The molecule has 0 aliphatic rings. The summed E-state index contributed by atoms with van der Waals surface area (Å²) in [4.78, 5) is 11.7. The van der Waals surface area contributed by atoms with Gasteiger partial charge >= 0.3 is 5.97 Å². The van der Waals surface area contributed by atoms with Crippen molar-refractivity contribution in [1.82, 2.24) is 0 Å². The second kappa shape index (κ2) is 7.55. The summed E-state index contributed by atoms with van der Waals surface area (Å²) in [5.74, 6) is 0.860. The predicted molar refractivity (Wildman–Crippen MR) is 83.1 cm³/mol. The van der Waals surface area contributed by atoms with E-state index in [-0.39, 0.29) is 17.0 Å². The van der Waals surface area contributed by atoms with E-state index in [1.165, 1.54) is 11.8 Å². The molecule has 0 amide bonds. The van der Waals surface area contributed by atoms with E-state index in [0.29, 0.717) is 6.54 Å². The van der Waals surface area contributed by atoms with Crippen LogP contribution in [-0.4, -0.2) is 31.0 Å². The quantitative estimate of drug-likeness (QED) is 0.818. The van der Waals surface area contributed by atoms with Crippen LogP contribution in [0.3, 0.4) is 0 Å². The summed E-state index contributed by atoms with van der Waals surface area (Å²) in [7, 11) is 1.63. The Balaban J connectivity index is 2.61. The summed E-state index contributed by atoms with van der Waals surface area (Å²) < 4.78 is 10.5. The Kier molecular flexibility index (Phi) is 6.36. The van der Waals surface area contributed by atoms with E-state index in [2.05, 4.69) is 0 Å². The minimum Gasteiger partial charge on any atom is -0.497 e. The van der Waals surface area contributed by atoms with E-state index in [0.717, 1.165) is 11.3 Å². The number of carbonyl (C=O) groups excluding carboxylic acids is 1. The zero-order chi connectivity index (χ0) is 15.2. The Morgan fingerprint density at radius 1 is 1.40 bits per heavy atom. The van der Waals surface area contributed by atoms with Gasteiger partial charge < -0.3 is 15.2 Å². The van der Waals surface area contributed by atoms with Crippen LogP contribution in [0.2, 0.25) is 0 Å².